The van der Waals surface area contributed by atoms with Gasteiger partial charge in [0.2, 0.25) is 0 Å². The van der Waals surface area contributed by atoms with Gasteiger partial charge in [0.05, 0.1) is 12.7 Å². The minimum absolute atomic E-state index is 0.0314. The minimum Gasteiger partial charge on any atom is -0.507 e. The number of amides is 1. The highest BCUT2D eigenvalue weighted by molar-refractivity contribution is 9.09. The molecule has 1 heterocycles. The number of benzene rings is 1. The number of aromatic hydroxyl groups is 1. The van der Waals surface area contributed by atoms with Crippen LogP contribution in [0, 0.1) is 0 Å². The molecule has 4 nitrogen and oxygen atoms in total. The van der Waals surface area contributed by atoms with Gasteiger partial charge in [0, 0.05) is 24.0 Å². The van der Waals surface area contributed by atoms with Crippen LogP contribution in [0.3, 0.4) is 0 Å². The molecule has 1 unspecified atom stereocenters. The summed E-state index contributed by atoms with van der Waals surface area (Å²) in [6, 6.07) is 4.75. The van der Waals surface area contributed by atoms with Gasteiger partial charge in [-0.05, 0) is 25.0 Å². The van der Waals surface area contributed by atoms with Gasteiger partial charge in [0.15, 0.2) is 0 Å². The highest BCUT2D eigenvalue weighted by Gasteiger charge is 2.24. The molecule has 5 heteroatoms. The third-order valence-corrected chi connectivity index (χ3v) is 3.83. The number of carbonyl (C=O) groups excluding carboxylic acids is 1. The molecule has 0 saturated carbocycles. The number of alkyl halides is 1. The van der Waals surface area contributed by atoms with Gasteiger partial charge in [-0.2, -0.15) is 0 Å². The van der Waals surface area contributed by atoms with E-state index >= 15 is 0 Å². The molecule has 2 rings (SSSR count). The van der Waals surface area contributed by atoms with Crippen LogP contribution in [0.15, 0.2) is 18.2 Å². The first-order valence-electron chi connectivity index (χ1n) is 5.92. The molecule has 0 spiro atoms. The topological polar surface area (TPSA) is 49.8 Å². The van der Waals surface area contributed by atoms with Crippen molar-refractivity contribution in [3.63, 3.8) is 0 Å². The summed E-state index contributed by atoms with van der Waals surface area (Å²) in [5, 5.41) is 9.85. The lowest BCUT2D eigenvalue weighted by Crippen LogP contribution is -2.40. The molecule has 0 bridgehead atoms. The molecule has 1 fully saturated rings. The lowest BCUT2D eigenvalue weighted by atomic mass is 10.1. The first-order chi connectivity index (χ1) is 8.61. The van der Waals surface area contributed by atoms with Crippen LogP contribution < -0.4 is 4.74 Å². The predicted octanol–water partition coefficient (Wildman–Crippen LogP) is 2.40. The summed E-state index contributed by atoms with van der Waals surface area (Å²) in [7, 11) is 1.52. The van der Waals surface area contributed by atoms with Crippen LogP contribution in [-0.2, 0) is 0 Å². The molecule has 1 N–H and O–H groups in total. The van der Waals surface area contributed by atoms with Gasteiger partial charge in [-0.3, -0.25) is 4.79 Å². The number of phenolic OH excluding ortho intramolecular Hbond substituents is 1. The SMILES string of the molecule is COc1ccc(C(=O)N2CCCC(Br)C2)c(O)c1. The van der Waals surface area contributed by atoms with E-state index in [4.69, 9.17) is 4.74 Å². The second-order valence-electron chi connectivity index (χ2n) is 4.37. The Morgan fingerprint density at radius 3 is 2.94 bits per heavy atom. The van der Waals surface area contributed by atoms with Crippen molar-refractivity contribution in [2.24, 2.45) is 0 Å². The van der Waals surface area contributed by atoms with Crippen LogP contribution in [0.4, 0.5) is 0 Å². The molecule has 0 aromatic heterocycles. The molecule has 1 aliphatic rings. The van der Waals surface area contributed by atoms with Gasteiger partial charge in [-0.15, -0.1) is 0 Å². The summed E-state index contributed by atoms with van der Waals surface area (Å²) in [4.78, 5) is 14.4. The quantitative estimate of drug-likeness (QED) is 0.853. The summed E-state index contributed by atoms with van der Waals surface area (Å²) in [5.74, 6) is 0.386. The Balaban J connectivity index is 2.17. The molecule has 1 amide bonds. The van der Waals surface area contributed by atoms with Crippen molar-refractivity contribution in [3.8, 4) is 11.5 Å². The summed E-state index contributed by atoms with van der Waals surface area (Å²) < 4.78 is 5.00. The van der Waals surface area contributed by atoms with E-state index in [0.717, 1.165) is 19.4 Å². The molecule has 1 aliphatic heterocycles. The lowest BCUT2D eigenvalue weighted by molar-refractivity contribution is 0.0727. The van der Waals surface area contributed by atoms with Gasteiger partial charge in [0.1, 0.15) is 11.5 Å². The third-order valence-electron chi connectivity index (χ3n) is 3.09. The van der Waals surface area contributed by atoms with E-state index in [2.05, 4.69) is 15.9 Å². The molecule has 1 aromatic rings. The Bertz CT molecular complexity index is 450. The Hall–Kier alpha value is -1.23. The molecular weight excluding hydrogens is 298 g/mol. The van der Waals surface area contributed by atoms with E-state index in [1.807, 2.05) is 0 Å². The normalized spacial score (nSPS) is 19.7. The maximum Gasteiger partial charge on any atom is 0.257 e. The number of hydrogen-bond donors (Lipinski definition) is 1. The smallest absolute Gasteiger partial charge is 0.257 e. The average Bonchev–Trinajstić information content (AvgIpc) is 2.37. The van der Waals surface area contributed by atoms with Gasteiger partial charge >= 0.3 is 0 Å². The van der Waals surface area contributed by atoms with Crippen LogP contribution in [0.2, 0.25) is 0 Å². The van der Waals surface area contributed by atoms with Gasteiger partial charge in [0.25, 0.3) is 5.91 Å². The van der Waals surface area contributed by atoms with E-state index in [1.54, 1.807) is 17.0 Å². The molecule has 0 radical (unpaired) electrons. The zero-order valence-corrected chi connectivity index (χ0v) is 11.8. The van der Waals surface area contributed by atoms with Crippen LogP contribution in [0.25, 0.3) is 0 Å². The van der Waals surface area contributed by atoms with Crippen molar-refractivity contribution in [1.29, 1.82) is 0 Å². The highest BCUT2D eigenvalue weighted by atomic mass is 79.9. The minimum atomic E-state index is -0.126. The fourth-order valence-corrected chi connectivity index (χ4v) is 2.77. The molecule has 0 aliphatic carbocycles. The fourth-order valence-electron chi connectivity index (χ4n) is 2.10. The monoisotopic (exact) mass is 313 g/mol. The van der Waals surface area contributed by atoms with Crippen molar-refractivity contribution in [3.05, 3.63) is 23.8 Å². The number of methoxy groups -OCH3 is 1. The highest BCUT2D eigenvalue weighted by Crippen LogP contribution is 2.26. The number of likely N-dealkylation sites (tertiary alicyclic amines) is 1. The zero-order valence-electron chi connectivity index (χ0n) is 10.2. The first kappa shape index (κ1) is 13.2. The summed E-state index contributed by atoms with van der Waals surface area (Å²) in [5.41, 5.74) is 0.331. The molecule has 98 valence electrons. The van der Waals surface area contributed by atoms with Crippen LogP contribution in [0.1, 0.15) is 23.2 Å². The van der Waals surface area contributed by atoms with Gasteiger partial charge < -0.3 is 14.7 Å². The van der Waals surface area contributed by atoms with Crippen LogP contribution in [0.5, 0.6) is 11.5 Å². The number of hydrogen-bond acceptors (Lipinski definition) is 3. The zero-order chi connectivity index (χ0) is 13.1. The predicted molar refractivity (Wildman–Crippen MR) is 72.5 cm³/mol. The Kier molecular flexibility index (Phi) is 4.11. The molecule has 18 heavy (non-hydrogen) atoms. The van der Waals surface area contributed by atoms with Gasteiger partial charge in [-0.25, -0.2) is 0 Å². The van der Waals surface area contributed by atoms with Crippen molar-refractivity contribution in [2.75, 3.05) is 20.2 Å². The van der Waals surface area contributed by atoms with Crippen molar-refractivity contribution < 1.29 is 14.6 Å². The van der Waals surface area contributed by atoms with E-state index in [-0.39, 0.29) is 11.7 Å². The van der Waals surface area contributed by atoms with E-state index in [1.165, 1.54) is 13.2 Å². The first-order valence-corrected chi connectivity index (χ1v) is 6.83. The Labute approximate surface area is 115 Å². The Morgan fingerprint density at radius 2 is 2.33 bits per heavy atom. The largest absolute Gasteiger partial charge is 0.507 e. The molecule has 1 saturated heterocycles. The lowest BCUT2D eigenvalue weighted by Gasteiger charge is -2.30. The molecule has 1 atom stereocenters. The molecular formula is C13H16BrNO3. The standard InChI is InChI=1S/C13H16BrNO3/c1-18-10-4-5-11(12(16)7-10)13(17)15-6-2-3-9(14)8-15/h4-5,7,9,16H,2-3,6,8H2,1H3. The van der Waals surface area contributed by atoms with Gasteiger partial charge in [-0.1, -0.05) is 15.9 Å². The fraction of sp³-hybridized carbons (Fsp3) is 0.462. The van der Waals surface area contributed by atoms with E-state index < -0.39 is 0 Å². The number of rotatable bonds is 2. The van der Waals surface area contributed by atoms with Crippen LogP contribution >= 0.6 is 15.9 Å². The maximum absolute atomic E-state index is 12.3. The number of halogens is 1. The second-order valence-corrected chi connectivity index (χ2v) is 5.67. The number of carbonyl (C=O) groups is 1. The number of ether oxygens (including phenoxy) is 1. The summed E-state index contributed by atoms with van der Waals surface area (Å²) >= 11 is 3.53. The number of nitrogens with zero attached hydrogens (tertiary/aromatic N) is 1. The van der Waals surface area contributed by atoms with Crippen molar-refractivity contribution >= 4 is 21.8 Å². The van der Waals surface area contributed by atoms with Crippen LogP contribution in [-0.4, -0.2) is 40.9 Å². The van der Waals surface area contributed by atoms with Crippen molar-refractivity contribution in [1.82, 2.24) is 4.90 Å². The summed E-state index contributed by atoms with van der Waals surface area (Å²) in [6.07, 6.45) is 2.07. The second kappa shape index (κ2) is 5.61. The summed E-state index contributed by atoms with van der Waals surface area (Å²) in [6.45, 7) is 1.43. The Morgan fingerprint density at radius 1 is 1.56 bits per heavy atom. The average molecular weight is 314 g/mol. The third kappa shape index (κ3) is 2.77. The van der Waals surface area contributed by atoms with E-state index in [9.17, 15) is 9.90 Å². The molecule has 1 aromatic carbocycles. The number of phenols is 1. The number of piperidine rings is 1. The maximum atomic E-state index is 12.3. The van der Waals surface area contributed by atoms with Crippen molar-refractivity contribution in [2.45, 2.75) is 17.7 Å². The van der Waals surface area contributed by atoms with E-state index in [0.29, 0.717) is 22.7 Å².